The summed E-state index contributed by atoms with van der Waals surface area (Å²) < 4.78 is 11.8. The van der Waals surface area contributed by atoms with Crippen molar-refractivity contribution >= 4 is 31.9 Å². The van der Waals surface area contributed by atoms with Gasteiger partial charge in [-0.15, -0.1) is 0 Å². The summed E-state index contributed by atoms with van der Waals surface area (Å²) in [6, 6.07) is 4.08. The highest BCUT2D eigenvalue weighted by atomic mass is 79.9. The predicted molar refractivity (Wildman–Crippen MR) is 92.2 cm³/mol. The van der Waals surface area contributed by atoms with E-state index in [1.165, 1.54) is 24.8 Å². The van der Waals surface area contributed by atoms with Crippen molar-refractivity contribution in [1.82, 2.24) is 0 Å². The zero-order valence-corrected chi connectivity index (χ0v) is 15.9. The zero-order valence-electron chi connectivity index (χ0n) is 12.7. The van der Waals surface area contributed by atoms with Crippen LogP contribution in [0.1, 0.15) is 49.9 Å². The van der Waals surface area contributed by atoms with Gasteiger partial charge >= 0.3 is 0 Å². The lowest BCUT2D eigenvalue weighted by molar-refractivity contribution is 0.378. The van der Waals surface area contributed by atoms with Gasteiger partial charge in [-0.25, -0.2) is 0 Å². The first-order valence-electron chi connectivity index (χ1n) is 7.15. The van der Waals surface area contributed by atoms with Gasteiger partial charge in [0.05, 0.1) is 14.2 Å². The fraction of sp³-hybridized carbons (Fsp3) is 0.625. The molecule has 1 rings (SSSR count). The predicted octanol–water partition coefficient (Wildman–Crippen LogP) is 6.12. The number of hydrogen-bond acceptors (Lipinski definition) is 2. The molecule has 20 heavy (non-hydrogen) atoms. The molecule has 0 saturated heterocycles. The summed E-state index contributed by atoms with van der Waals surface area (Å²) in [6.07, 6.45) is 4.89. The highest BCUT2D eigenvalue weighted by Gasteiger charge is 2.24. The molecule has 0 saturated carbocycles. The minimum absolute atomic E-state index is 0.302. The molecule has 0 aliphatic rings. The lowest BCUT2D eigenvalue weighted by atomic mass is 9.91. The number of unbranched alkanes of at least 4 members (excludes halogenated alkanes) is 1. The van der Waals surface area contributed by atoms with E-state index in [-0.39, 0.29) is 0 Å². The average molecular weight is 408 g/mol. The van der Waals surface area contributed by atoms with Gasteiger partial charge in [-0.05, 0) is 34.3 Å². The Bertz CT molecular complexity index is 421. The molecule has 0 aromatic heterocycles. The second kappa shape index (κ2) is 8.93. The number of alkyl halides is 1. The third-order valence-corrected chi connectivity index (χ3v) is 5.67. The van der Waals surface area contributed by atoms with Crippen molar-refractivity contribution < 1.29 is 9.47 Å². The van der Waals surface area contributed by atoms with E-state index < -0.39 is 0 Å². The van der Waals surface area contributed by atoms with Crippen molar-refractivity contribution in [2.24, 2.45) is 5.92 Å². The molecule has 4 heteroatoms. The summed E-state index contributed by atoms with van der Waals surface area (Å²) in [5.74, 6) is 2.28. The molecule has 2 unspecified atom stereocenters. The Balaban J connectivity index is 3.07. The molecule has 0 aliphatic carbocycles. The van der Waals surface area contributed by atoms with Crippen molar-refractivity contribution in [2.45, 2.75) is 44.4 Å². The molecule has 114 valence electrons. The highest BCUT2D eigenvalue weighted by molar-refractivity contribution is 9.10. The number of halogens is 2. The first kappa shape index (κ1) is 17.8. The fourth-order valence-electron chi connectivity index (χ4n) is 2.41. The SMILES string of the molecule is CCCCC(CC)C(Br)c1ccc(OC)c(Br)c1OC. The molecule has 0 radical (unpaired) electrons. The van der Waals surface area contributed by atoms with Crippen molar-refractivity contribution in [1.29, 1.82) is 0 Å². The molecule has 0 aliphatic heterocycles. The summed E-state index contributed by atoms with van der Waals surface area (Å²) in [5, 5.41) is 0. The van der Waals surface area contributed by atoms with E-state index in [1.54, 1.807) is 14.2 Å². The average Bonchev–Trinajstić information content (AvgIpc) is 2.47. The smallest absolute Gasteiger partial charge is 0.141 e. The molecule has 2 nitrogen and oxygen atoms in total. The second-order valence-corrected chi connectivity index (χ2v) is 6.70. The summed E-state index contributed by atoms with van der Waals surface area (Å²) in [6.45, 7) is 4.49. The number of methoxy groups -OCH3 is 2. The van der Waals surface area contributed by atoms with Crippen LogP contribution in [0.2, 0.25) is 0 Å². The number of ether oxygens (including phenoxy) is 2. The lowest BCUT2D eigenvalue weighted by Crippen LogP contribution is -2.09. The zero-order chi connectivity index (χ0) is 15.1. The van der Waals surface area contributed by atoms with Gasteiger partial charge in [0.25, 0.3) is 0 Å². The van der Waals surface area contributed by atoms with Crippen molar-refractivity contribution in [3.05, 3.63) is 22.2 Å². The van der Waals surface area contributed by atoms with Crippen LogP contribution in [0, 0.1) is 5.92 Å². The Morgan fingerprint density at radius 2 is 1.85 bits per heavy atom. The van der Waals surface area contributed by atoms with Crippen LogP contribution < -0.4 is 9.47 Å². The molecule has 2 atom stereocenters. The van der Waals surface area contributed by atoms with Gasteiger partial charge in [0.1, 0.15) is 16.0 Å². The van der Waals surface area contributed by atoms with Crippen LogP contribution in [-0.4, -0.2) is 14.2 Å². The summed E-state index contributed by atoms with van der Waals surface area (Å²) in [4.78, 5) is 0.302. The van der Waals surface area contributed by atoms with Crippen molar-refractivity contribution in [3.8, 4) is 11.5 Å². The first-order valence-corrected chi connectivity index (χ1v) is 8.85. The van der Waals surface area contributed by atoms with Crippen LogP contribution in [0.3, 0.4) is 0 Å². The standard InChI is InChI=1S/C16H24Br2O2/c1-5-7-8-11(6-2)14(17)12-9-10-13(19-3)15(18)16(12)20-4/h9-11,14H,5-8H2,1-4H3. The molecule has 0 heterocycles. The number of benzene rings is 1. The lowest BCUT2D eigenvalue weighted by Gasteiger charge is -2.24. The normalized spacial score (nSPS) is 13.9. The van der Waals surface area contributed by atoms with Crippen LogP contribution in [-0.2, 0) is 0 Å². The Morgan fingerprint density at radius 1 is 1.15 bits per heavy atom. The van der Waals surface area contributed by atoms with E-state index in [0.717, 1.165) is 22.4 Å². The third kappa shape index (κ3) is 4.14. The van der Waals surface area contributed by atoms with E-state index in [9.17, 15) is 0 Å². The monoisotopic (exact) mass is 406 g/mol. The molecule has 0 amide bonds. The van der Waals surface area contributed by atoms with E-state index in [2.05, 4.69) is 51.8 Å². The molecular weight excluding hydrogens is 384 g/mol. The van der Waals surface area contributed by atoms with Gasteiger partial charge in [0.15, 0.2) is 0 Å². The van der Waals surface area contributed by atoms with Crippen LogP contribution in [0.25, 0.3) is 0 Å². The second-order valence-electron chi connectivity index (χ2n) is 4.92. The molecule has 0 N–H and O–H groups in total. The summed E-state index contributed by atoms with van der Waals surface area (Å²) >= 11 is 7.45. The maximum atomic E-state index is 5.58. The van der Waals surface area contributed by atoms with Crippen LogP contribution >= 0.6 is 31.9 Å². The van der Waals surface area contributed by atoms with Crippen molar-refractivity contribution in [3.63, 3.8) is 0 Å². The van der Waals surface area contributed by atoms with Gasteiger partial charge in [0, 0.05) is 10.4 Å². The summed E-state index contributed by atoms with van der Waals surface area (Å²) in [5.41, 5.74) is 1.18. The first-order chi connectivity index (χ1) is 9.60. The molecule has 1 aromatic carbocycles. The third-order valence-electron chi connectivity index (χ3n) is 3.68. The van der Waals surface area contributed by atoms with Gasteiger partial charge in [-0.2, -0.15) is 0 Å². The molecule has 0 bridgehead atoms. The molecule has 1 aromatic rings. The van der Waals surface area contributed by atoms with E-state index in [0.29, 0.717) is 10.7 Å². The topological polar surface area (TPSA) is 18.5 Å². The largest absolute Gasteiger partial charge is 0.495 e. The van der Waals surface area contributed by atoms with Crippen LogP contribution in [0.5, 0.6) is 11.5 Å². The Kier molecular flexibility index (Phi) is 7.96. The van der Waals surface area contributed by atoms with Gasteiger partial charge < -0.3 is 9.47 Å². The maximum absolute atomic E-state index is 5.58. The van der Waals surface area contributed by atoms with E-state index in [1.807, 2.05) is 6.07 Å². The molecule has 0 fully saturated rings. The van der Waals surface area contributed by atoms with Crippen LogP contribution in [0.4, 0.5) is 0 Å². The number of rotatable bonds is 8. The van der Waals surface area contributed by atoms with Crippen LogP contribution in [0.15, 0.2) is 16.6 Å². The quantitative estimate of drug-likeness (QED) is 0.483. The van der Waals surface area contributed by atoms with Gasteiger partial charge in [0.2, 0.25) is 0 Å². The molecular formula is C16H24Br2O2. The minimum atomic E-state index is 0.302. The Morgan fingerprint density at radius 3 is 2.35 bits per heavy atom. The van der Waals surface area contributed by atoms with Gasteiger partial charge in [-0.3, -0.25) is 0 Å². The van der Waals surface area contributed by atoms with E-state index >= 15 is 0 Å². The Hall–Kier alpha value is -0.220. The molecule has 0 spiro atoms. The highest BCUT2D eigenvalue weighted by Crippen LogP contribution is 2.46. The van der Waals surface area contributed by atoms with E-state index in [4.69, 9.17) is 9.47 Å². The van der Waals surface area contributed by atoms with Gasteiger partial charge in [-0.1, -0.05) is 55.1 Å². The maximum Gasteiger partial charge on any atom is 0.141 e. The number of hydrogen-bond donors (Lipinski definition) is 0. The minimum Gasteiger partial charge on any atom is -0.495 e. The Labute approximate surface area is 139 Å². The van der Waals surface area contributed by atoms with Crippen molar-refractivity contribution in [2.75, 3.05) is 14.2 Å². The fourth-order valence-corrected chi connectivity index (χ4v) is 4.10. The summed E-state index contributed by atoms with van der Waals surface area (Å²) in [7, 11) is 3.37.